The van der Waals surface area contributed by atoms with Crippen molar-refractivity contribution in [1.82, 2.24) is 0 Å². The Morgan fingerprint density at radius 1 is 1.36 bits per heavy atom. The number of carbonyl (C=O) groups excluding carboxylic acids is 4. The van der Waals surface area contributed by atoms with Crippen molar-refractivity contribution in [3.8, 4) is 0 Å². The molecule has 0 aromatic heterocycles. The van der Waals surface area contributed by atoms with E-state index in [-0.39, 0.29) is 10.1 Å². The molecule has 25 heavy (non-hydrogen) atoms. The predicted octanol–water partition coefficient (Wildman–Crippen LogP) is -1.06. The molecule has 0 aliphatic carbocycles. The van der Waals surface area contributed by atoms with Crippen molar-refractivity contribution in [2.45, 2.75) is 11.7 Å². The molecule has 0 bridgehead atoms. The lowest BCUT2D eigenvalue weighted by atomic mass is 10.1. The number of carbonyl (C=O) groups is 4. The molecule has 1 aliphatic heterocycles. The topological polar surface area (TPSA) is 161 Å². The number of imide groups is 1. The van der Waals surface area contributed by atoms with E-state index in [0.29, 0.717) is 4.90 Å². The monoisotopic (exact) mass is 481 g/mol. The second kappa shape index (κ2) is 7.05. The van der Waals surface area contributed by atoms with Crippen LogP contribution in [0, 0.1) is 0 Å². The van der Waals surface area contributed by atoms with E-state index in [1.807, 2.05) is 0 Å². The van der Waals surface area contributed by atoms with Crippen molar-refractivity contribution in [2.24, 2.45) is 0 Å². The molecule has 0 saturated carbocycles. The number of hydrogen-bond donors (Lipinski definition) is 2. The van der Waals surface area contributed by atoms with E-state index < -0.39 is 56.7 Å². The zero-order chi connectivity index (χ0) is 18.9. The summed E-state index contributed by atoms with van der Waals surface area (Å²) in [6, 6.07) is 3.27. The summed E-state index contributed by atoms with van der Waals surface area (Å²) >= 11 is 1.79. The lowest BCUT2D eigenvalue weighted by Gasteiger charge is -2.20. The van der Waals surface area contributed by atoms with Gasteiger partial charge in [-0.15, -0.1) is 0 Å². The van der Waals surface area contributed by atoms with Crippen LogP contribution in [0.15, 0.2) is 18.2 Å². The van der Waals surface area contributed by atoms with Crippen LogP contribution in [0.1, 0.15) is 16.8 Å². The Morgan fingerprint density at radius 2 is 2.00 bits per heavy atom. The number of nitrogens with zero attached hydrogens (tertiary/aromatic N) is 1. The zero-order valence-corrected chi connectivity index (χ0v) is 15.2. The van der Waals surface area contributed by atoms with E-state index in [9.17, 15) is 32.7 Å². The van der Waals surface area contributed by atoms with Crippen molar-refractivity contribution in [1.29, 1.82) is 0 Å². The number of rotatable bonds is 5. The fraction of sp³-hybridized carbons (Fsp3) is 0.231. The Balaban J connectivity index is 2.54. The van der Waals surface area contributed by atoms with Crippen LogP contribution in [0.5, 0.6) is 0 Å². The maximum atomic E-state index is 12.2. The van der Waals surface area contributed by atoms with Crippen LogP contribution in [-0.2, 0) is 24.5 Å². The first-order chi connectivity index (χ1) is 11.6. The van der Waals surface area contributed by atoms with Gasteiger partial charge in [0, 0.05) is 11.3 Å². The molecule has 1 saturated heterocycles. The Hall–Kier alpha value is -2.06. The van der Waals surface area contributed by atoms with Gasteiger partial charge in [-0.05, 0) is 18.2 Å². The minimum atomic E-state index is -4.84. The quantitative estimate of drug-likeness (QED) is 0.233. The summed E-state index contributed by atoms with van der Waals surface area (Å²) in [6.45, 7) is 0. The average Bonchev–Trinajstić information content (AvgIpc) is 2.81. The molecule has 1 unspecified atom stereocenters. The molecule has 0 spiro atoms. The average molecular weight is 481 g/mol. The van der Waals surface area contributed by atoms with E-state index >= 15 is 0 Å². The summed E-state index contributed by atoms with van der Waals surface area (Å²) < 4.78 is 31.6. The van der Waals surface area contributed by atoms with Crippen LogP contribution in [0.3, 0.4) is 0 Å². The number of carboxylic acid groups (broad SMARTS) is 1. The van der Waals surface area contributed by atoms with Crippen molar-refractivity contribution < 1.29 is 37.3 Å². The van der Waals surface area contributed by atoms with Gasteiger partial charge in [0.1, 0.15) is 0 Å². The third kappa shape index (κ3) is 3.96. The summed E-state index contributed by atoms with van der Waals surface area (Å²) in [4.78, 5) is 47.3. The number of carboxylic acids is 1. The van der Waals surface area contributed by atoms with Crippen molar-refractivity contribution in [2.75, 3.05) is 14.6 Å². The van der Waals surface area contributed by atoms with Gasteiger partial charge in [0.05, 0.1) is 22.5 Å². The third-order valence-electron chi connectivity index (χ3n) is 3.33. The SMILES string of the molecule is O=C(CI)Nc1ccc(C(=O)[O-])c(N2C(=O)CC(S(=O)(=O)O)C2=O)c1. The molecular weight excluding hydrogens is 471 g/mol. The maximum Gasteiger partial charge on any atom is 0.277 e. The number of anilines is 2. The molecule has 1 fully saturated rings. The fourth-order valence-electron chi connectivity index (χ4n) is 2.25. The van der Waals surface area contributed by atoms with E-state index in [4.69, 9.17) is 4.55 Å². The van der Waals surface area contributed by atoms with Crippen LogP contribution < -0.4 is 15.3 Å². The minimum Gasteiger partial charge on any atom is -0.545 e. The molecule has 134 valence electrons. The van der Waals surface area contributed by atoms with Crippen molar-refractivity contribution in [3.05, 3.63) is 23.8 Å². The van der Waals surface area contributed by atoms with Crippen LogP contribution in [0.4, 0.5) is 11.4 Å². The van der Waals surface area contributed by atoms with Gasteiger partial charge in [0.15, 0.2) is 5.25 Å². The number of nitrogens with one attached hydrogen (secondary N) is 1. The highest BCUT2D eigenvalue weighted by Gasteiger charge is 2.47. The molecule has 1 heterocycles. The third-order valence-corrected chi connectivity index (χ3v) is 5.11. The first-order valence-electron chi connectivity index (χ1n) is 6.60. The number of benzene rings is 1. The Kier molecular flexibility index (Phi) is 5.43. The van der Waals surface area contributed by atoms with E-state index in [0.717, 1.165) is 12.1 Å². The van der Waals surface area contributed by atoms with Gasteiger partial charge in [0.25, 0.3) is 16.0 Å². The predicted molar refractivity (Wildman–Crippen MR) is 90.7 cm³/mol. The molecule has 1 atom stereocenters. The molecule has 3 amide bonds. The highest BCUT2D eigenvalue weighted by Crippen LogP contribution is 2.31. The zero-order valence-electron chi connectivity index (χ0n) is 12.3. The summed E-state index contributed by atoms with van der Waals surface area (Å²) in [5, 5.41) is 11.6. The van der Waals surface area contributed by atoms with E-state index in [2.05, 4.69) is 5.32 Å². The Labute approximate surface area is 155 Å². The lowest BCUT2D eigenvalue weighted by Crippen LogP contribution is -2.37. The number of aromatic carboxylic acids is 1. The normalized spacial score (nSPS) is 17.7. The second-order valence-electron chi connectivity index (χ2n) is 4.98. The summed E-state index contributed by atoms with van der Waals surface area (Å²) in [7, 11) is -4.84. The molecule has 2 rings (SSSR count). The molecule has 1 aromatic carbocycles. The van der Waals surface area contributed by atoms with Gasteiger partial charge in [0.2, 0.25) is 11.8 Å². The molecule has 0 radical (unpaired) electrons. The van der Waals surface area contributed by atoms with Crippen molar-refractivity contribution >= 4 is 67.8 Å². The van der Waals surface area contributed by atoms with Crippen molar-refractivity contribution in [3.63, 3.8) is 0 Å². The molecule has 10 nitrogen and oxygen atoms in total. The minimum absolute atomic E-state index is 0.0950. The largest absolute Gasteiger partial charge is 0.545 e. The van der Waals surface area contributed by atoms with Gasteiger partial charge in [-0.3, -0.25) is 18.9 Å². The summed E-state index contributed by atoms with van der Waals surface area (Å²) in [5.41, 5.74) is -0.907. The Bertz CT molecular complexity index is 882. The molecule has 1 aliphatic rings. The number of amides is 3. The van der Waals surface area contributed by atoms with Gasteiger partial charge in [-0.1, -0.05) is 22.6 Å². The summed E-state index contributed by atoms with van der Waals surface area (Å²) in [6.07, 6.45) is -0.825. The van der Waals surface area contributed by atoms with Crippen LogP contribution >= 0.6 is 22.6 Å². The summed E-state index contributed by atoms with van der Waals surface area (Å²) in [5.74, 6) is -4.42. The van der Waals surface area contributed by atoms with Crippen LogP contribution in [0.25, 0.3) is 0 Å². The number of hydrogen-bond acceptors (Lipinski definition) is 7. The smallest absolute Gasteiger partial charge is 0.277 e. The highest BCUT2D eigenvalue weighted by atomic mass is 127. The fourth-order valence-corrected chi connectivity index (χ4v) is 3.16. The number of halogens is 1. The number of alkyl halides is 1. The molecule has 1 aromatic rings. The highest BCUT2D eigenvalue weighted by molar-refractivity contribution is 14.1. The maximum absolute atomic E-state index is 12.2. The van der Waals surface area contributed by atoms with E-state index in [1.54, 1.807) is 22.6 Å². The molecule has 12 heteroatoms. The van der Waals surface area contributed by atoms with E-state index in [1.165, 1.54) is 6.07 Å². The van der Waals surface area contributed by atoms with Crippen LogP contribution in [-0.4, -0.2) is 46.3 Å². The van der Waals surface area contributed by atoms with Gasteiger partial charge in [-0.2, -0.15) is 8.42 Å². The van der Waals surface area contributed by atoms with Gasteiger partial charge < -0.3 is 15.2 Å². The van der Waals surface area contributed by atoms with Gasteiger partial charge in [-0.25, -0.2) is 4.90 Å². The lowest BCUT2D eigenvalue weighted by molar-refractivity contribution is -0.254. The standard InChI is InChI=1S/C13H11IN2O8S/c14-5-10(17)15-6-1-2-7(13(20)21)8(3-6)16-11(18)4-9(12(16)19)25(22,23)24/h1-3,9H,4-5H2,(H,15,17)(H,20,21)(H,22,23,24)/p-1. The molecular formula is C13H10IN2O8S-. The van der Waals surface area contributed by atoms with Crippen LogP contribution in [0.2, 0.25) is 0 Å². The second-order valence-corrected chi connectivity index (χ2v) is 7.34. The first-order valence-corrected chi connectivity index (χ1v) is 9.63. The Morgan fingerprint density at radius 3 is 2.48 bits per heavy atom. The molecule has 2 N–H and O–H groups in total. The first kappa shape index (κ1) is 19.3. The van der Waals surface area contributed by atoms with Gasteiger partial charge >= 0.3 is 0 Å².